The Morgan fingerprint density at radius 2 is 0.868 bits per heavy atom. The number of hydrogen-bond donors (Lipinski definition) is 0. The van der Waals surface area contributed by atoms with Gasteiger partial charge in [0.2, 0.25) is 0 Å². The average molecular weight is 483 g/mol. The smallest absolute Gasteiger partial charge is 0.388 e. The van der Waals surface area contributed by atoms with Gasteiger partial charge < -0.3 is 14.2 Å². The van der Waals surface area contributed by atoms with Crippen molar-refractivity contribution in [3.05, 3.63) is 146 Å². The second-order valence-electron chi connectivity index (χ2n) is 9.57. The normalized spacial score (nSPS) is 13.5. The van der Waals surface area contributed by atoms with Crippen LogP contribution >= 0.6 is 0 Å². The maximum Gasteiger partial charge on any atom is 0.388 e. The van der Waals surface area contributed by atoms with Crippen LogP contribution < -0.4 is 19.6 Å². The molecule has 0 spiro atoms. The molecule has 0 saturated carbocycles. The number of benzene rings is 6. The Morgan fingerprint density at radius 1 is 0.421 bits per heavy atom. The summed E-state index contributed by atoms with van der Waals surface area (Å²) in [5.41, 5.74) is 4.62. The molecule has 6 aromatic rings. The third-order valence-corrected chi connectivity index (χ3v) is 7.27. The van der Waals surface area contributed by atoms with Gasteiger partial charge in [0.1, 0.15) is 0 Å². The molecule has 1 heterocycles. The fraction of sp³-hybridized carbons (Fsp3) is 0. The summed E-state index contributed by atoms with van der Waals surface area (Å²) in [7, 11) is 4.44. The van der Waals surface area contributed by atoms with Crippen LogP contribution in [-0.4, -0.2) is 22.1 Å². The predicted octanol–water partition coefficient (Wildman–Crippen LogP) is 6.29. The molecular formula is C32H24B3N3. The Morgan fingerprint density at radius 3 is 1.45 bits per heavy atom. The van der Waals surface area contributed by atoms with E-state index in [1.807, 2.05) is 0 Å². The summed E-state index contributed by atoms with van der Waals surface area (Å²) < 4.78 is 6.98. The molecule has 176 valence electrons. The molecule has 3 nitrogen and oxygen atoms in total. The molecule has 0 N–H and O–H groups in total. The van der Waals surface area contributed by atoms with Gasteiger partial charge in [-0.3, -0.25) is 0 Å². The molecule has 0 aromatic heterocycles. The molecule has 1 aliphatic rings. The van der Waals surface area contributed by atoms with Crippen LogP contribution in [0.5, 0.6) is 0 Å². The van der Waals surface area contributed by atoms with Crippen LogP contribution in [0.4, 0.5) is 17.1 Å². The van der Waals surface area contributed by atoms with Crippen LogP contribution in [0.15, 0.2) is 146 Å². The van der Waals surface area contributed by atoms with Crippen molar-refractivity contribution in [3.63, 3.8) is 0 Å². The third-order valence-electron chi connectivity index (χ3n) is 7.27. The minimum absolute atomic E-state index is 0.103. The minimum Gasteiger partial charge on any atom is -0.431 e. The number of rotatable bonds is 4. The SMILES string of the molecule is [B]1N(c2ccccc2)[B]N(c2ccccc2)B(c2cc3ccccc3c3ccccc23)N1c1ccccc1. The quantitative estimate of drug-likeness (QED) is 0.216. The van der Waals surface area contributed by atoms with Crippen LogP contribution in [-0.2, 0) is 0 Å². The summed E-state index contributed by atoms with van der Waals surface area (Å²) in [5, 5.41) is 5.05. The summed E-state index contributed by atoms with van der Waals surface area (Å²) in [6, 6.07) is 51.7. The lowest BCUT2D eigenvalue weighted by Crippen LogP contribution is -2.73. The molecule has 1 fully saturated rings. The molecule has 0 bridgehead atoms. The van der Waals surface area contributed by atoms with Gasteiger partial charge >= 0.3 is 22.1 Å². The van der Waals surface area contributed by atoms with Crippen molar-refractivity contribution in [2.45, 2.75) is 0 Å². The van der Waals surface area contributed by atoms with Crippen LogP contribution in [0.1, 0.15) is 0 Å². The number of fused-ring (bicyclic) bond motifs is 3. The highest BCUT2D eigenvalue weighted by Crippen LogP contribution is 2.30. The van der Waals surface area contributed by atoms with E-state index in [1.165, 1.54) is 27.0 Å². The molecule has 6 heteroatoms. The van der Waals surface area contributed by atoms with Crippen LogP contribution in [0.25, 0.3) is 21.5 Å². The minimum atomic E-state index is -0.103. The average Bonchev–Trinajstić information content (AvgIpc) is 3.01. The van der Waals surface area contributed by atoms with Crippen molar-refractivity contribution in [3.8, 4) is 0 Å². The van der Waals surface area contributed by atoms with Crippen molar-refractivity contribution in [2.75, 3.05) is 14.2 Å². The lowest BCUT2D eigenvalue weighted by Gasteiger charge is -2.48. The zero-order valence-corrected chi connectivity index (χ0v) is 20.9. The monoisotopic (exact) mass is 483 g/mol. The van der Waals surface area contributed by atoms with Crippen LogP contribution in [0.2, 0.25) is 0 Å². The van der Waals surface area contributed by atoms with Gasteiger partial charge in [0.25, 0.3) is 0 Å². The highest BCUT2D eigenvalue weighted by atomic mass is 15.3. The van der Waals surface area contributed by atoms with Gasteiger partial charge in [-0.25, -0.2) is 0 Å². The molecule has 0 atom stereocenters. The van der Waals surface area contributed by atoms with E-state index >= 15 is 0 Å². The number of nitrogens with zero attached hydrogens (tertiary/aromatic N) is 3. The first kappa shape index (κ1) is 22.6. The maximum atomic E-state index is 2.39. The highest BCUT2D eigenvalue weighted by Gasteiger charge is 2.42. The fourth-order valence-corrected chi connectivity index (χ4v) is 5.50. The first-order valence-corrected chi connectivity index (χ1v) is 13.0. The Bertz CT molecular complexity index is 1650. The van der Waals surface area contributed by atoms with E-state index in [2.05, 4.69) is 175 Å². The molecule has 6 aromatic carbocycles. The van der Waals surface area contributed by atoms with Crippen LogP contribution in [0, 0.1) is 0 Å². The summed E-state index contributed by atoms with van der Waals surface area (Å²) in [6.45, 7) is -0.103. The molecule has 1 aliphatic heterocycles. The second-order valence-corrected chi connectivity index (χ2v) is 9.57. The third kappa shape index (κ3) is 3.99. The van der Waals surface area contributed by atoms with Gasteiger partial charge in [-0.15, -0.1) is 0 Å². The summed E-state index contributed by atoms with van der Waals surface area (Å²) >= 11 is 0. The lowest BCUT2D eigenvalue weighted by molar-refractivity contribution is 1.34. The first-order valence-electron chi connectivity index (χ1n) is 13.0. The highest BCUT2D eigenvalue weighted by molar-refractivity contribution is 7.01. The molecule has 2 radical (unpaired) electrons. The summed E-state index contributed by atoms with van der Waals surface area (Å²) in [6.07, 6.45) is 0. The molecule has 0 unspecified atom stereocenters. The van der Waals surface area contributed by atoms with Crippen molar-refractivity contribution in [1.82, 2.24) is 0 Å². The molecule has 1 saturated heterocycles. The Labute approximate surface area is 225 Å². The standard InChI is InChI=1S/C32H24B3N3/c1-4-15-26(16-5-1)36-33-37(27-17-6-2-7-18-27)35(38(34-36)28-19-8-3-9-20-28)32-24-25-14-10-11-21-29(25)30-22-12-13-23-31(30)32/h1-24H. The van der Waals surface area contributed by atoms with E-state index in [1.54, 1.807) is 0 Å². The number of anilines is 3. The Balaban J connectivity index is 1.49. The van der Waals surface area contributed by atoms with E-state index < -0.39 is 0 Å². The number of para-hydroxylation sites is 3. The van der Waals surface area contributed by atoms with E-state index in [9.17, 15) is 0 Å². The van der Waals surface area contributed by atoms with Gasteiger partial charge in [-0.1, -0.05) is 109 Å². The number of hydrogen-bond acceptors (Lipinski definition) is 3. The molecule has 0 aliphatic carbocycles. The molecule has 38 heavy (non-hydrogen) atoms. The van der Waals surface area contributed by atoms with E-state index in [-0.39, 0.29) is 6.98 Å². The van der Waals surface area contributed by atoms with Gasteiger partial charge in [0.15, 0.2) is 0 Å². The predicted molar refractivity (Wildman–Crippen MR) is 165 cm³/mol. The second kappa shape index (κ2) is 9.72. The topological polar surface area (TPSA) is 9.72 Å². The van der Waals surface area contributed by atoms with Crippen molar-refractivity contribution in [2.24, 2.45) is 0 Å². The first-order chi connectivity index (χ1) is 18.9. The van der Waals surface area contributed by atoms with Gasteiger partial charge in [0.05, 0.1) is 0 Å². The van der Waals surface area contributed by atoms with E-state index in [0.29, 0.717) is 0 Å². The summed E-state index contributed by atoms with van der Waals surface area (Å²) in [5.74, 6) is 0. The molecule has 7 rings (SSSR count). The van der Waals surface area contributed by atoms with Gasteiger partial charge in [-0.05, 0) is 63.4 Å². The van der Waals surface area contributed by atoms with Gasteiger partial charge in [0, 0.05) is 17.1 Å². The van der Waals surface area contributed by atoms with E-state index in [4.69, 9.17) is 0 Å². The summed E-state index contributed by atoms with van der Waals surface area (Å²) in [4.78, 5) is 0. The Hall–Kier alpha value is -4.57. The zero-order chi connectivity index (χ0) is 25.3. The fourth-order valence-electron chi connectivity index (χ4n) is 5.50. The van der Waals surface area contributed by atoms with Crippen molar-refractivity contribution >= 4 is 66.2 Å². The Kier molecular flexibility index (Phi) is 5.78. The van der Waals surface area contributed by atoms with Crippen molar-refractivity contribution < 1.29 is 0 Å². The van der Waals surface area contributed by atoms with E-state index in [0.717, 1.165) is 17.1 Å². The van der Waals surface area contributed by atoms with Crippen molar-refractivity contribution in [1.29, 1.82) is 0 Å². The zero-order valence-electron chi connectivity index (χ0n) is 20.9. The largest absolute Gasteiger partial charge is 0.431 e. The van der Waals surface area contributed by atoms with Crippen LogP contribution in [0.3, 0.4) is 0 Å². The lowest BCUT2D eigenvalue weighted by atomic mass is 9.52. The molecule has 0 amide bonds. The van der Waals surface area contributed by atoms with Gasteiger partial charge in [-0.2, -0.15) is 0 Å². The maximum absolute atomic E-state index is 2.39. The molecular weight excluding hydrogens is 459 g/mol.